The van der Waals surface area contributed by atoms with Crippen molar-refractivity contribution in [1.82, 2.24) is 15.1 Å². The normalized spacial score (nSPS) is 13.6. The van der Waals surface area contributed by atoms with Crippen LogP contribution >= 0.6 is 11.3 Å². The number of para-hydroxylation sites is 1. The van der Waals surface area contributed by atoms with Crippen molar-refractivity contribution in [2.24, 2.45) is 0 Å². The summed E-state index contributed by atoms with van der Waals surface area (Å²) in [5, 5.41) is 9.23. The maximum atomic E-state index is 13.0. The molecule has 0 spiro atoms. The molecule has 128 valence electrons. The lowest BCUT2D eigenvalue weighted by Crippen LogP contribution is -2.33. The van der Waals surface area contributed by atoms with E-state index in [-0.39, 0.29) is 5.91 Å². The highest BCUT2D eigenvalue weighted by Gasteiger charge is 2.34. The molecule has 25 heavy (non-hydrogen) atoms. The summed E-state index contributed by atoms with van der Waals surface area (Å²) in [4.78, 5) is 16.0. The van der Waals surface area contributed by atoms with E-state index in [0.29, 0.717) is 18.3 Å². The molecule has 1 aromatic carbocycles. The summed E-state index contributed by atoms with van der Waals surface area (Å²) in [5.41, 5.74) is 2.36. The van der Waals surface area contributed by atoms with Gasteiger partial charge in [-0.1, -0.05) is 24.3 Å². The molecule has 6 heteroatoms. The third-order valence-corrected chi connectivity index (χ3v) is 5.27. The van der Waals surface area contributed by atoms with Crippen molar-refractivity contribution in [2.75, 3.05) is 7.11 Å². The molecule has 1 N–H and O–H groups in total. The molecule has 4 rings (SSSR count). The van der Waals surface area contributed by atoms with Gasteiger partial charge in [-0.25, -0.2) is 0 Å². The Hall–Kier alpha value is -2.60. The molecule has 2 aromatic heterocycles. The van der Waals surface area contributed by atoms with Gasteiger partial charge in [-0.15, -0.1) is 11.3 Å². The number of hydrogen-bond acceptors (Lipinski definition) is 4. The molecule has 0 atom stereocenters. The molecule has 1 amide bonds. The number of amides is 1. The minimum absolute atomic E-state index is 0.0348. The second-order valence-corrected chi connectivity index (χ2v) is 7.07. The lowest BCUT2D eigenvalue weighted by atomic mass is 10.1. The Kier molecular flexibility index (Phi) is 4.28. The van der Waals surface area contributed by atoms with Gasteiger partial charge in [-0.05, 0) is 36.4 Å². The van der Waals surface area contributed by atoms with Crippen molar-refractivity contribution in [1.29, 1.82) is 0 Å². The van der Waals surface area contributed by atoms with E-state index >= 15 is 0 Å². The Morgan fingerprint density at radius 1 is 1.32 bits per heavy atom. The minimum Gasteiger partial charge on any atom is -0.496 e. The van der Waals surface area contributed by atoms with Crippen LogP contribution in [0.25, 0.3) is 10.6 Å². The number of aromatic nitrogens is 2. The second kappa shape index (κ2) is 6.72. The summed E-state index contributed by atoms with van der Waals surface area (Å²) in [5.74, 6) is 0.773. The molecule has 1 fully saturated rings. The molecule has 2 heterocycles. The zero-order valence-electron chi connectivity index (χ0n) is 13.9. The summed E-state index contributed by atoms with van der Waals surface area (Å²) in [6, 6.07) is 14.0. The summed E-state index contributed by atoms with van der Waals surface area (Å²) >= 11 is 1.62. The van der Waals surface area contributed by atoms with Gasteiger partial charge in [-0.3, -0.25) is 9.89 Å². The monoisotopic (exact) mass is 353 g/mol. The number of methoxy groups -OCH3 is 1. The third-order valence-electron chi connectivity index (χ3n) is 4.37. The fraction of sp³-hybridized carbons (Fsp3) is 0.263. The van der Waals surface area contributed by atoms with Crippen LogP contribution in [0.3, 0.4) is 0 Å². The van der Waals surface area contributed by atoms with Gasteiger partial charge >= 0.3 is 0 Å². The van der Waals surface area contributed by atoms with Gasteiger partial charge in [0.2, 0.25) is 0 Å². The van der Waals surface area contributed by atoms with E-state index in [2.05, 4.69) is 10.2 Å². The Morgan fingerprint density at radius 2 is 2.16 bits per heavy atom. The van der Waals surface area contributed by atoms with Crippen molar-refractivity contribution in [3.8, 4) is 16.3 Å². The lowest BCUT2D eigenvalue weighted by Gasteiger charge is -2.22. The highest BCUT2D eigenvalue weighted by Crippen LogP contribution is 2.32. The van der Waals surface area contributed by atoms with E-state index in [0.717, 1.165) is 34.7 Å². The predicted molar refractivity (Wildman–Crippen MR) is 97.8 cm³/mol. The number of aromatic amines is 1. The number of thiophene rings is 1. The maximum absolute atomic E-state index is 13.0. The van der Waals surface area contributed by atoms with Crippen molar-refractivity contribution in [3.05, 3.63) is 59.1 Å². The quantitative estimate of drug-likeness (QED) is 0.730. The van der Waals surface area contributed by atoms with Crippen LogP contribution in [0.2, 0.25) is 0 Å². The molecule has 1 aliphatic carbocycles. The van der Waals surface area contributed by atoms with Gasteiger partial charge in [0.25, 0.3) is 5.91 Å². The van der Waals surface area contributed by atoms with Gasteiger partial charge in [-0.2, -0.15) is 5.10 Å². The molecule has 3 aromatic rings. The molecular formula is C19H19N3O2S. The first-order chi connectivity index (χ1) is 12.3. The Morgan fingerprint density at radius 3 is 2.88 bits per heavy atom. The molecule has 1 aliphatic rings. The minimum atomic E-state index is -0.0348. The van der Waals surface area contributed by atoms with Gasteiger partial charge in [0.1, 0.15) is 5.75 Å². The van der Waals surface area contributed by atoms with E-state index < -0.39 is 0 Å². The molecule has 0 saturated heterocycles. The SMILES string of the molecule is COc1ccccc1CN(C(=O)c1cc(-c2cccs2)[nH]n1)C1CC1. The van der Waals surface area contributed by atoms with Gasteiger partial charge in [0.05, 0.1) is 17.7 Å². The van der Waals surface area contributed by atoms with Crippen LogP contribution in [0.4, 0.5) is 0 Å². The average Bonchev–Trinajstić information content (AvgIpc) is 3.13. The number of nitrogens with zero attached hydrogens (tertiary/aromatic N) is 2. The second-order valence-electron chi connectivity index (χ2n) is 6.12. The summed E-state index contributed by atoms with van der Waals surface area (Å²) in [6.45, 7) is 0.536. The van der Waals surface area contributed by atoms with Gasteiger partial charge in [0, 0.05) is 18.2 Å². The Labute approximate surface area is 150 Å². The first-order valence-corrected chi connectivity index (χ1v) is 9.16. The smallest absolute Gasteiger partial charge is 0.274 e. The fourth-order valence-corrected chi connectivity index (χ4v) is 3.60. The summed E-state index contributed by atoms with van der Waals surface area (Å²) in [7, 11) is 1.66. The third kappa shape index (κ3) is 3.30. The molecule has 0 unspecified atom stereocenters. The fourth-order valence-electron chi connectivity index (χ4n) is 2.91. The van der Waals surface area contributed by atoms with Crippen LogP contribution in [0.15, 0.2) is 47.8 Å². The topological polar surface area (TPSA) is 58.2 Å². The first-order valence-electron chi connectivity index (χ1n) is 8.28. The van der Waals surface area contributed by atoms with E-state index in [1.165, 1.54) is 0 Å². The van der Waals surface area contributed by atoms with Crippen LogP contribution in [0.5, 0.6) is 5.75 Å². The van der Waals surface area contributed by atoms with E-state index in [9.17, 15) is 4.79 Å². The Bertz CT molecular complexity index is 868. The molecular weight excluding hydrogens is 334 g/mol. The van der Waals surface area contributed by atoms with Crippen LogP contribution in [0.1, 0.15) is 28.9 Å². The van der Waals surface area contributed by atoms with Crippen LogP contribution in [-0.4, -0.2) is 34.2 Å². The number of ether oxygens (including phenoxy) is 1. The van der Waals surface area contributed by atoms with Crippen LogP contribution in [-0.2, 0) is 6.54 Å². The largest absolute Gasteiger partial charge is 0.496 e. The molecule has 0 radical (unpaired) electrons. The van der Waals surface area contributed by atoms with Crippen LogP contribution < -0.4 is 4.74 Å². The van der Waals surface area contributed by atoms with Crippen molar-refractivity contribution < 1.29 is 9.53 Å². The molecule has 5 nitrogen and oxygen atoms in total. The standard InChI is InChI=1S/C19H19N3O2S/c1-24-17-6-3-2-5-13(17)12-22(14-8-9-14)19(23)16-11-15(20-21-16)18-7-4-10-25-18/h2-7,10-11,14H,8-9,12H2,1H3,(H,20,21). The van der Waals surface area contributed by atoms with Gasteiger partial charge in [0.15, 0.2) is 5.69 Å². The van der Waals surface area contributed by atoms with Gasteiger partial charge < -0.3 is 9.64 Å². The van der Waals surface area contributed by atoms with Crippen molar-refractivity contribution >= 4 is 17.2 Å². The average molecular weight is 353 g/mol. The highest BCUT2D eigenvalue weighted by atomic mass is 32.1. The number of rotatable bonds is 6. The van der Waals surface area contributed by atoms with Crippen molar-refractivity contribution in [3.63, 3.8) is 0 Å². The Balaban J connectivity index is 1.58. The van der Waals surface area contributed by atoms with E-state index in [1.807, 2.05) is 52.7 Å². The summed E-state index contributed by atoms with van der Waals surface area (Å²) < 4.78 is 5.43. The summed E-state index contributed by atoms with van der Waals surface area (Å²) in [6.07, 6.45) is 2.09. The number of carbonyl (C=O) groups is 1. The van der Waals surface area contributed by atoms with E-state index in [4.69, 9.17) is 4.74 Å². The number of benzene rings is 1. The van der Waals surface area contributed by atoms with E-state index in [1.54, 1.807) is 18.4 Å². The zero-order valence-corrected chi connectivity index (χ0v) is 14.8. The lowest BCUT2D eigenvalue weighted by molar-refractivity contribution is 0.0722. The number of nitrogens with one attached hydrogen (secondary N) is 1. The van der Waals surface area contributed by atoms with Crippen molar-refractivity contribution in [2.45, 2.75) is 25.4 Å². The van der Waals surface area contributed by atoms with Crippen LogP contribution in [0, 0.1) is 0 Å². The molecule has 1 saturated carbocycles. The first kappa shape index (κ1) is 15.9. The highest BCUT2D eigenvalue weighted by molar-refractivity contribution is 7.13. The number of H-pyrrole nitrogens is 1. The number of hydrogen-bond donors (Lipinski definition) is 1. The number of carbonyl (C=O) groups excluding carboxylic acids is 1. The predicted octanol–water partition coefficient (Wildman–Crippen LogP) is 3.95. The zero-order chi connectivity index (χ0) is 17.2. The maximum Gasteiger partial charge on any atom is 0.274 e. The molecule has 0 bridgehead atoms. The molecule has 0 aliphatic heterocycles.